The van der Waals surface area contributed by atoms with Gasteiger partial charge in [-0.25, -0.2) is 4.79 Å². The van der Waals surface area contributed by atoms with Crippen LogP contribution in [-0.2, 0) is 15.1 Å². The highest BCUT2D eigenvalue weighted by Gasteiger charge is 2.44. The minimum atomic E-state index is -0.839. The SMILES string of the molecule is CC(C)c1ccccc1SC1=C(O)CC(CCN2CCSCC2)(c2ccccc2)OC1=O. The van der Waals surface area contributed by atoms with E-state index in [4.69, 9.17) is 4.74 Å². The number of benzene rings is 2. The van der Waals surface area contributed by atoms with Crippen molar-refractivity contribution in [3.8, 4) is 0 Å². The molecule has 0 aromatic heterocycles. The summed E-state index contributed by atoms with van der Waals surface area (Å²) in [5.41, 5.74) is 1.26. The molecule has 0 radical (unpaired) electrons. The van der Waals surface area contributed by atoms with Crippen LogP contribution in [0.4, 0.5) is 0 Å². The molecule has 1 N–H and O–H groups in total. The van der Waals surface area contributed by atoms with E-state index in [1.54, 1.807) is 0 Å². The van der Waals surface area contributed by atoms with Gasteiger partial charge in [-0.1, -0.05) is 74.1 Å². The van der Waals surface area contributed by atoms with Crippen LogP contribution >= 0.6 is 23.5 Å². The van der Waals surface area contributed by atoms with Crippen molar-refractivity contribution in [3.63, 3.8) is 0 Å². The van der Waals surface area contributed by atoms with Crippen LogP contribution in [0.5, 0.6) is 0 Å². The van der Waals surface area contributed by atoms with E-state index in [2.05, 4.69) is 24.8 Å². The third kappa shape index (κ3) is 5.19. The summed E-state index contributed by atoms with van der Waals surface area (Å²) in [4.78, 5) is 17.0. The second kappa shape index (κ2) is 10.4. The number of esters is 1. The Kier molecular flexibility index (Phi) is 7.54. The summed E-state index contributed by atoms with van der Waals surface area (Å²) in [5.74, 6) is 2.30. The average molecular weight is 470 g/mol. The second-order valence-electron chi connectivity index (χ2n) is 8.70. The van der Waals surface area contributed by atoms with Gasteiger partial charge >= 0.3 is 5.97 Å². The van der Waals surface area contributed by atoms with Crippen LogP contribution in [0.15, 0.2) is 70.2 Å². The van der Waals surface area contributed by atoms with Crippen LogP contribution in [0, 0.1) is 0 Å². The standard InChI is InChI=1S/C26H31NO3S2/c1-19(2)21-10-6-7-11-23(21)32-24-22(28)18-26(30-25(24)29,20-8-4-3-5-9-20)12-13-27-14-16-31-17-15-27/h3-11,19,28H,12-18H2,1-2H3. The second-order valence-corrected chi connectivity index (χ2v) is 11.0. The fourth-order valence-electron chi connectivity index (χ4n) is 4.34. The number of nitrogens with zero attached hydrogens (tertiary/aromatic N) is 1. The number of hydrogen-bond donors (Lipinski definition) is 1. The molecular formula is C26H31NO3S2. The van der Waals surface area contributed by atoms with Crippen molar-refractivity contribution in [2.45, 2.75) is 43.1 Å². The van der Waals surface area contributed by atoms with Crippen molar-refractivity contribution in [2.75, 3.05) is 31.1 Å². The smallest absolute Gasteiger partial charge is 0.349 e. The lowest BCUT2D eigenvalue weighted by Gasteiger charge is -2.39. The third-order valence-corrected chi connectivity index (χ3v) is 8.32. The molecule has 0 spiro atoms. The van der Waals surface area contributed by atoms with Crippen LogP contribution in [0.25, 0.3) is 0 Å². The molecule has 2 aromatic carbocycles. The zero-order valence-corrected chi connectivity index (χ0v) is 20.4. The molecule has 6 heteroatoms. The molecule has 0 aliphatic carbocycles. The molecule has 2 aliphatic rings. The van der Waals surface area contributed by atoms with E-state index >= 15 is 0 Å². The monoisotopic (exact) mass is 469 g/mol. The zero-order valence-electron chi connectivity index (χ0n) is 18.8. The number of hydrogen-bond acceptors (Lipinski definition) is 6. The third-order valence-electron chi connectivity index (χ3n) is 6.18. The first-order chi connectivity index (χ1) is 15.5. The Morgan fingerprint density at radius 1 is 1.09 bits per heavy atom. The van der Waals surface area contributed by atoms with Gasteiger partial charge < -0.3 is 14.7 Å². The number of cyclic esters (lactones) is 1. The Morgan fingerprint density at radius 2 is 1.78 bits per heavy atom. The van der Waals surface area contributed by atoms with E-state index in [1.807, 2.05) is 60.3 Å². The molecule has 4 rings (SSSR count). The van der Waals surface area contributed by atoms with Gasteiger partial charge in [-0.15, -0.1) is 0 Å². The van der Waals surface area contributed by atoms with Crippen molar-refractivity contribution in [1.29, 1.82) is 0 Å². The average Bonchev–Trinajstić information content (AvgIpc) is 2.81. The van der Waals surface area contributed by atoms with Crippen molar-refractivity contribution >= 4 is 29.5 Å². The van der Waals surface area contributed by atoms with Crippen LogP contribution in [-0.4, -0.2) is 47.1 Å². The van der Waals surface area contributed by atoms with E-state index in [-0.39, 0.29) is 5.76 Å². The maximum Gasteiger partial charge on any atom is 0.349 e. The highest BCUT2D eigenvalue weighted by molar-refractivity contribution is 8.04. The van der Waals surface area contributed by atoms with Gasteiger partial charge in [0.1, 0.15) is 16.3 Å². The summed E-state index contributed by atoms with van der Waals surface area (Å²) in [7, 11) is 0. The number of rotatable bonds is 7. The van der Waals surface area contributed by atoms with Crippen molar-refractivity contribution in [1.82, 2.24) is 4.90 Å². The number of aliphatic hydroxyl groups is 1. The zero-order chi connectivity index (χ0) is 22.6. The van der Waals surface area contributed by atoms with Crippen molar-refractivity contribution in [3.05, 3.63) is 76.4 Å². The van der Waals surface area contributed by atoms with Crippen molar-refractivity contribution in [2.24, 2.45) is 0 Å². The highest BCUT2D eigenvalue weighted by Crippen LogP contribution is 2.45. The fourth-order valence-corrected chi connectivity index (χ4v) is 6.42. The summed E-state index contributed by atoms with van der Waals surface area (Å²) < 4.78 is 6.20. The van der Waals surface area contributed by atoms with E-state index < -0.39 is 11.6 Å². The first kappa shape index (κ1) is 23.3. The molecule has 0 bridgehead atoms. The minimum Gasteiger partial charge on any atom is -0.511 e. The maximum absolute atomic E-state index is 13.3. The first-order valence-corrected chi connectivity index (χ1v) is 13.2. The molecule has 0 saturated carbocycles. The lowest BCUT2D eigenvalue weighted by Crippen LogP contribution is -2.42. The number of ether oxygens (including phenoxy) is 1. The molecule has 1 atom stereocenters. The van der Waals surface area contributed by atoms with Gasteiger partial charge in [0.2, 0.25) is 0 Å². The van der Waals surface area contributed by atoms with E-state index in [0.717, 1.165) is 47.2 Å². The molecule has 2 aliphatic heterocycles. The van der Waals surface area contributed by atoms with Crippen LogP contribution in [0.1, 0.15) is 43.7 Å². The summed E-state index contributed by atoms with van der Waals surface area (Å²) in [6.07, 6.45) is 0.968. The lowest BCUT2D eigenvalue weighted by molar-refractivity contribution is -0.160. The molecule has 1 saturated heterocycles. The molecule has 32 heavy (non-hydrogen) atoms. The Morgan fingerprint density at radius 3 is 2.47 bits per heavy atom. The fraction of sp³-hybridized carbons (Fsp3) is 0.423. The quantitative estimate of drug-likeness (QED) is 0.506. The molecule has 1 fully saturated rings. The predicted octanol–water partition coefficient (Wildman–Crippen LogP) is 5.95. The Bertz CT molecular complexity index is 970. The minimum absolute atomic E-state index is 0.128. The molecule has 2 aromatic rings. The van der Waals surface area contributed by atoms with E-state index in [1.165, 1.54) is 11.8 Å². The molecule has 0 amide bonds. The first-order valence-electron chi connectivity index (χ1n) is 11.3. The van der Waals surface area contributed by atoms with Gasteiger partial charge in [-0.3, -0.25) is 0 Å². The largest absolute Gasteiger partial charge is 0.511 e. The van der Waals surface area contributed by atoms with E-state index in [9.17, 15) is 9.90 Å². The maximum atomic E-state index is 13.3. The molecule has 4 nitrogen and oxygen atoms in total. The lowest BCUT2D eigenvalue weighted by atomic mass is 9.84. The van der Waals surface area contributed by atoms with Gasteiger partial charge in [0.25, 0.3) is 0 Å². The molecule has 170 valence electrons. The summed E-state index contributed by atoms with van der Waals surface area (Å²) in [6, 6.07) is 17.9. The number of thioether (sulfide) groups is 2. The summed E-state index contributed by atoms with van der Waals surface area (Å²) in [5, 5.41) is 11.1. The van der Waals surface area contributed by atoms with Crippen molar-refractivity contribution < 1.29 is 14.6 Å². The number of carbonyl (C=O) groups is 1. The predicted molar refractivity (Wildman–Crippen MR) is 133 cm³/mol. The summed E-state index contributed by atoms with van der Waals surface area (Å²) in [6.45, 7) is 7.21. The Labute approximate surface area is 199 Å². The van der Waals surface area contributed by atoms with Crippen LogP contribution in [0.3, 0.4) is 0 Å². The molecular weight excluding hydrogens is 438 g/mol. The topological polar surface area (TPSA) is 49.8 Å². The molecule has 2 heterocycles. The number of aliphatic hydroxyl groups excluding tert-OH is 1. The van der Waals surface area contributed by atoms with Gasteiger partial charge in [0, 0.05) is 42.5 Å². The van der Waals surface area contributed by atoms with E-state index in [0.29, 0.717) is 23.7 Å². The number of carbonyl (C=O) groups excluding carboxylic acids is 1. The van der Waals surface area contributed by atoms with Crippen LogP contribution < -0.4 is 0 Å². The normalized spacial score (nSPS) is 22.3. The molecule has 1 unspecified atom stereocenters. The Balaban J connectivity index is 1.61. The van der Waals surface area contributed by atoms with Gasteiger partial charge in [-0.05, 0) is 23.1 Å². The highest BCUT2D eigenvalue weighted by atomic mass is 32.2. The van der Waals surface area contributed by atoms with Crippen LogP contribution in [0.2, 0.25) is 0 Å². The Hall–Kier alpha value is -1.89. The summed E-state index contributed by atoms with van der Waals surface area (Å²) >= 11 is 3.30. The van der Waals surface area contributed by atoms with Gasteiger partial charge in [-0.2, -0.15) is 11.8 Å². The van der Waals surface area contributed by atoms with Gasteiger partial charge in [0.05, 0.1) is 6.42 Å². The van der Waals surface area contributed by atoms with Gasteiger partial charge in [0.15, 0.2) is 0 Å².